The van der Waals surface area contributed by atoms with Crippen LogP contribution >= 0.6 is 27.7 Å². The van der Waals surface area contributed by atoms with Gasteiger partial charge in [0.15, 0.2) is 5.82 Å². The Morgan fingerprint density at radius 3 is 2.68 bits per heavy atom. The third-order valence-corrected chi connectivity index (χ3v) is 4.65. The second-order valence-corrected chi connectivity index (χ2v) is 7.10. The molecular weight excluding hydrogens is 361 g/mol. The summed E-state index contributed by atoms with van der Waals surface area (Å²) in [5, 5.41) is 8.82. The zero-order chi connectivity index (χ0) is 14.6. The molecule has 0 bridgehead atoms. The normalized spacial score (nSPS) is 11.5. The van der Waals surface area contributed by atoms with Gasteiger partial charge in [-0.05, 0) is 18.4 Å². The van der Waals surface area contributed by atoms with Crippen molar-refractivity contribution in [2.75, 3.05) is 18.6 Å². The Morgan fingerprint density at radius 1 is 1.53 bits per heavy atom. The topological polar surface area (TPSA) is 83.5 Å². The van der Waals surface area contributed by atoms with E-state index in [1.165, 1.54) is 11.8 Å². The lowest BCUT2D eigenvalue weighted by molar-refractivity contribution is 0.0691. The maximum atomic E-state index is 13.9. The van der Waals surface area contributed by atoms with Crippen molar-refractivity contribution in [2.24, 2.45) is 0 Å². The van der Waals surface area contributed by atoms with Crippen LogP contribution in [-0.2, 0) is 10.0 Å². The molecule has 1 rings (SSSR count). The molecule has 0 heterocycles. The first-order valence-corrected chi connectivity index (χ1v) is 8.67. The Balaban J connectivity index is 3.23. The lowest BCUT2D eigenvalue weighted by atomic mass is 10.2. The van der Waals surface area contributed by atoms with Crippen LogP contribution in [0.25, 0.3) is 0 Å². The zero-order valence-corrected chi connectivity index (χ0v) is 13.0. The fourth-order valence-electron chi connectivity index (χ4n) is 1.27. The van der Waals surface area contributed by atoms with E-state index in [0.717, 1.165) is 12.1 Å². The quantitative estimate of drug-likeness (QED) is 0.746. The van der Waals surface area contributed by atoms with Crippen molar-refractivity contribution in [3.8, 4) is 0 Å². The predicted octanol–water partition coefficient (Wildman–Crippen LogP) is 1.93. The summed E-state index contributed by atoms with van der Waals surface area (Å²) in [5.74, 6) is -2.27. The van der Waals surface area contributed by atoms with Gasteiger partial charge in [0.1, 0.15) is 4.90 Å². The molecule has 0 aliphatic carbocycles. The Hall–Kier alpha value is -0.640. The van der Waals surface area contributed by atoms with Crippen LogP contribution in [0.15, 0.2) is 21.5 Å². The molecule has 2 N–H and O–H groups in total. The van der Waals surface area contributed by atoms with Crippen molar-refractivity contribution in [1.29, 1.82) is 0 Å². The smallest absolute Gasteiger partial charge is 0.338 e. The van der Waals surface area contributed by atoms with E-state index in [4.69, 9.17) is 5.11 Å². The lowest BCUT2D eigenvalue weighted by Gasteiger charge is -2.09. The van der Waals surface area contributed by atoms with Crippen molar-refractivity contribution in [3.63, 3.8) is 0 Å². The highest BCUT2D eigenvalue weighted by Crippen LogP contribution is 2.24. The number of carbonyl (C=O) groups is 1. The van der Waals surface area contributed by atoms with Crippen LogP contribution in [0.5, 0.6) is 0 Å². The minimum absolute atomic E-state index is 0.137. The molecule has 5 nitrogen and oxygen atoms in total. The van der Waals surface area contributed by atoms with Crippen LogP contribution in [0.1, 0.15) is 10.4 Å². The average molecular weight is 372 g/mol. The summed E-state index contributed by atoms with van der Waals surface area (Å²) in [6, 6.07) is 2.04. The number of halogens is 2. The van der Waals surface area contributed by atoms with E-state index in [-0.39, 0.29) is 11.0 Å². The van der Waals surface area contributed by atoms with Gasteiger partial charge in [-0.2, -0.15) is 11.8 Å². The van der Waals surface area contributed by atoms with Crippen LogP contribution in [0, 0.1) is 5.82 Å². The van der Waals surface area contributed by atoms with E-state index in [1.54, 1.807) is 6.26 Å². The van der Waals surface area contributed by atoms with Crippen LogP contribution in [0.2, 0.25) is 0 Å². The summed E-state index contributed by atoms with van der Waals surface area (Å²) in [5.41, 5.74) is -0.695. The van der Waals surface area contributed by atoms with E-state index >= 15 is 0 Å². The van der Waals surface area contributed by atoms with Gasteiger partial charge in [-0.25, -0.2) is 22.3 Å². The Bertz CT molecular complexity index is 591. The third-order valence-electron chi connectivity index (χ3n) is 2.12. The van der Waals surface area contributed by atoms with Gasteiger partial charge in [-0.1, -0.05) is 15.9 Å². The minimum atomic E-state index is -4.07. The number of nitrogens with one attached hydrogen (secondary N) is 1. The molecule has 0 amide bonds. The van der Waals surface area contributed by atoms with Crippen LogP contribution in [-0.4, -0.2) is 38.0 Å². The summed E-state index contributed by atoms with van der Waals surface area (Å²) in [6.45, 7) is 0.137. The molecule has 0 aromatic heterocycles. The number of hydrogen-bond donors (Lipinski definition) is 2. The van der Waals surface area contributed by atoms with E-state index in [0.29, 0.717) is 5.75 Å². The standard InChI is InChI=1S/C10H11BrFNO4S2/c1-18-3-2-13-19(16,17)8-5-6(11)4-7(9(8)12)10(14)15/h4-5,13H,2-3H2,1H3,(H,14,15). The van der Waals surface area contributed by atoms with E-state index in [9.17, 15) is 17.6 Å². The minimum Gasteiger partial charge on any atom is -0.478 e. The van der Waals surface area contributed by atoms with Gasteiger partial charge in [0.2, 0.25) is 10.0 Å². The third kappa shape index (κ3) is 4.16. The summed E-state index contributed by atoms with van der Waals surface area (Å²) in [7, 11) is -4.07. The molecule has 1 aromatic carbocycles. The molecule has 9 heteroatoms. The molecule has 0 saturated carbocycles. The van der Waals surface area contributed by atoms with Crippen molar-refractivity contribution in [2.45, 2.75) is 4.90 Å². The number of aromatic carboxylic acids is 1. The van der Waals surface area contributed by atoms with E-state index < -0.39 is 32.3 Å². The molecular formula is C10H11BrFNO4S2. The first-order chi connectivity index (χ1) is 8.79. The largest absolute Gasteiger partial charge is 0.478 e. The first-order valence-electron chi connectivity index (χ1n) is 5.00. The van der Waals surface area contributed by atoms with Crippen molar-refractivity contribution < 1.29 is 22.7 Å². The van der Waals surface area contributed by atoms with E-state index in [1.807, 2.05) is 0 Å². The number of hydrogen-bond acceptors (Lipinski definition) is 4. The highest BCUT2D eigenvalue weighted by molar-refractivity contribution is 9.10. The average Bonchev–Trinajstić information content (AvgIpc) is 2.31. The van der Waals surface area contributed by atoms with Crippen LogP contribution in [0.3, 0.4) is 0 Å². The van der Waals surface area contributed by atoms with Gasteiger partial charge in [0.25, 0.3) is 0 Å². The van der Waals surface area contributed by atoms with Gasteiger partial charge < -0.3 is 5.11 Å². The van der Waals surface area contributed by atoms with Crippen molar-refractivity contribution in [1.82, 2.24) is 4.72 Å². The molecule has 0 aliphatic rings. The van der Waals surface area contributed by atoms with Gasteiger partial charge in [-0.15, -0.1) is 0 Å². The monoisotopic (exact) mass is 371 g/mol. The summed E-state index contributed by atoms with van der Waals surface area (Å²) in [6.07, 6.45) is 1.80. The first kappa shape index (κ1) is 16.4. The lowest BCUT2D eigenvalue weighted by Crippen LogP contribution is -2.27. The molecule has 0 radical (unpaired) electrons. The molecule has 19 heavy (non-hydrogen) atoms. The number of carboxylic acid groups (broad SMARTS) is 1. The molecule has 0 atom stereocenters. The van der Waals surface area contributed by atoms with Gasteiger partial charge in [0, 0.05) is 16.8 Å². The highest BCUT2D eigenvalue weighted by atomic mass is 79.9. The van der Waals surface area contributed by atoms with Crippen LogP contribution < -0.4 is 4.72 Å². The van der Waals surface area contributed by atoms with Crippen LogP contribution in [0.4, 0.5) is 4.39 Å². The van der Waals surface area contributed by atoms with Crippen molar-refractivity contribution >= 4 is 43.7 Å². The molecule has 0 saturated heterocycles. The van der Waals surface area contributed by atoms with Gasteiger partial charge >= 0.3 is 5.97 Å². The SMILES string of the molecule is CSCCNS(=O)(=O)c1cc(Br)cc(C(=O)O)c1F. The Kier molecular flexibility index (Phi) is 5.78. The molecule has 1 aromatic rings. The van der Waals surface area contributed by atoms with Gasteiger partial charge in [0.05, 0.1) is 5.56 Å². The second kappa shape index (κ2) is 6.69. The number of rotatable bonds is 6. The number of sulfonamides is 1. The molecule has 106 valence electrons. The number of thioether (sulfide) groups is 1. The Labute approximate surface area is 122 Å². The maximum Gasteiger partial charge on any atom is 0.338 e. The van der Waals surface area contributed by atoms with Gasteiger partial charge in [-0.3, -0.25) is 0 Å². The second-order valence-electron chi connectivity index (χ2n) is 3.46. The molecule has 0 fully saturated rings. The molecule has 0 spiro atoms. The summed E-state index contributed by atoms with van der Waals surface area (Å²) >= 11 is 4.39. The molecule has 0 unspecified atom stereocenters. The molecule has 0 aliphatic heterocycles. The van der Waals surface area contributed by atoms with Crippen molar-refractivity contribution in [3.05, 3.63) is 28.0 Å². The Morgan fingerprint density at radius 2 is 2.16 bits per heavy atom. The maximum absolute atomic E-state index is 13.9. The number of carboxylic acids is 1. The summed E-state index contributed by atoms with van der Waals surface area (Å²) in [4.78, 5) is 10.2. The van der Waals surface area contributed by atoms with E-state index in [2.05, 4.69) is 20.7 Å². The predicted molar refractivity (Wildman–Crippen MR) is 74.6 cm³/mol. The summed E-state index contributed by atoms with van der Waals surface area (Å²) < 4.78 is 40.0. The fraction of sp³-hybridized carbons (Fsp3) is 0.300. The highest BCUT2D eigenvalue weighted by Gasteiger charge is 2.24. The fourth-order valence-corrected chi connectivity index (χ4v) is 3.47. The zero-order valence-electron chi connectivity index (χ0n) is 9.81. The number of benzene rings is 1.